The number of aromatic nitrogens is 2. The lowest BCUT2D eigenvalue weighted by Crippen LogP contribution is -2.17. The van der Waals surface area contributed by atoms with Crippen LogP contribution in [0.2, 0.25) is 0 Å². The molecule has 148 valence electrons. The fourth-order valence-corrected chi connectivity index (χ4v) is 5.04. The molecule has 0 bridgehead atoms. The maximum absolute atomic E-state index is 6.86. The summed E-state index contributed by atoms with van der Waals surface area (Å²) >= 11 is 0. The smallest absolute Gasteiger partial charge is 0.242 e. The molecule has 4 nitrogen and oxygen atoms in total. The van der Waals surface area contributed by atoms with Crippen LogP contribution in [0.25, 0.3) is 11.3 Å². The molecule has 1 atom stereocenters. The average Bonchev–Trinajstić information content (AvgIpc) is 3.22. The Kier molecular flexibility index (Phi) is 3.91. The van der Waals surface area contributed by atoms with Gasteiger partial charge in [-0.2, -0.15) is 0 Å². The predicted octanol–water partition coefficient (Wildman–Crippen LogP) is 5.82. The van der Waals surface area contributed by atoms with Crippen LogP contribution in [-0.4, -0.2) is 10.2 Å². The number of fused-ring (bicyclic) bond motifs is 3. The minimum Gasteiger partial charge on any atom is -0.437 e. The summed E-state index contributed by atoms with van der Waals surface area (Å²) in [5, 5.41) is 7.80. The van der Waals surface area contributed by atoms with E-state index >= 15 is 0 Å². The monoisotopic (exact) mass is 393 g/mol. The first-order chi connectivity index (χ1) is 14.8. The van der Waals surface area contributed by atoms with Crippen molar-refractivity contribution in [1.82, 2.24) is 10.2 Å². The minimum absolute atomic E-state index is 0.0221. The first-order valence-corrected chi connectivity index (χ1v) is 10.6. The SMILES string of the molecule is Nc1c2c(cc3c1C(c1ccccc1)c1c(n[nH]c1-c1ccccc1)O3)CCCC2. The second-order valence-corrected chi connectivity index (χ2v) is 8.18. The van der Waals surface area contributed by atoms with Crippen molar-refractivity contribution in [1.29, 1.82) is 0 Å². The van der Waals surface area contributed by atoms with E-state index in [1.807, 2.05) is 24.3 Å². The number of nitrogens with zero attached hydrogens (tertiary/aromatic N) is 1. The van der Waals surface area contributed by atoms with Crippen LogP contribution in [0.5, 0.6) is 11.6 Å². The molecule has 3 N–H and O–H groups in total. The zero-order valence-electron chi connectivity index (χ0n) is 16.7. The van der Waals surface area contributed by atoms with Gasteiger partial charge in [0, 0.05) is 17.2 Å². The Balaban J connectivity index is 1.63. The third-order valence-electron chi connectivity index (χ3n) is 6.44. The third kappa shape index (κ3) is 2.57. The fourth-order valence-electron chi connectivity index (χ4n) is 5.04. The number of rotatable bonds is 2. The van der Waals surface area contributed by atoms with Gasteiger partial charge < -0.3 is 10.5 Å². The van der Waals surface area contributed by atoms with Crippen molar-refractivity contribution in [3.63, 3.8) is 0 Å². The molecule has 4 heteroatoms. The van der Waals surface area contributed by atoms with E-state index in [4.69, 9.17) is 10.5 Å². The second-order valence-electron chi connectivity index (χ2n) is 8.18. The van der Waals surface area contributed by atoms with Gasteiger partial charge in [0.1, 0.15) is 5.75 Å². The van der Waals surface area contributed by atoms with E-state index in [1.165, 1.54) is 29.5 Å². The molecule has 6 rings (SSSR count). The minimum atomic E-state index is -0.0221. The number of ether oxygens (including phenoxy) is 1. The molecule has 1 aliphatic carbocycles. The molecular weight excluding hydrogens is 370 g/mol. The Hall–Kier alpha value is -3.53. The van der Waals surface area contributed by atoms with Gasteiger partial charge in [0.25, 0.3) is 0 Å². The summed E-state index contributed by atoms with van der Waals surface area (Å²) < 4.78 is 6.36. The number of H-pyrrole nitrogens is 1. The normalized spacial score (nSPS) is 16.9. The van der Waals surface area contributed by atoms with E-state index in [1.54, 1.807) is 0 Å². The molecule has 1 aromatic heterocycles. The van der Waals surface area contributed by atoms with Gasteiger partial charge in [0.2, 0.25) is 5.88 Å². The molecule has 0 saturated heterocycles. The third-order valence-corrected chi connectivity index (χ3v) is 6.44. The van der Waals surface area contributed by atoms with E-state index in [9.17, 15) is 0 Å². The van der Waals surface area contributed by atoms with E-state index in [0.717, 1.165) is 46.7 Å². The molecule has 0 fully saturated rings. The summed E-state index contributed by atoms with van der Waals surface area (Å²) in [6.45, 7) is 0. The molecule has 0 radical (unpaired) electrons. The Bertz CT molecular complexity index is 1230. The van der Waals surface area contributed by atoms with Crippen molar-refractivity contribution >= 4 is 5.69 Å². The molecule has 3 aromatic carbocycles. The number of nitrogens with one attached hydrogen (secondary N) is 1. The molecule has 0 spiro atoms. The molecule has 1 aliphatic heterocycles. The Morgan fingerprint density at radius 2 is 1.63 bits per heavy atom. The lowest BCUT2D eigenvalue weighted by Gasteiger charge is -2.31. The standard InChI is InChI=1S/C26H23N3O/c27-24-19-14-8-7-13-18(19)15-20-22(24)21(16-9-3-1-4-10-16)23-25(28-29-26(23)30-20)17-11-5-2-6-12-17/h1-6,9-12,15,21H,7-8,13-14,27H2,(H,28,29). The zero-order valence-corrected chi connectivity index (χ0v) is 16.7. The van der Waals surface area contributed by atoms with Crippen LogP contribution in [0.15, 0.2) is 66.7 Å². The topological polar surface area (TPSA) is 63.9 Å². The van der Waals surface area contributed by atoms with Crippen LogP contribution in [0.1, 0.15) is 46.6 Å². The summed E-state index contributed by atoms with van der Waals surface area (Å²) in [6.07, 6.45) is 4.51. The van der Waals surface area contributed by atoms with Gasteiger partial charge in [-0.1, -0.05) is 60.7 Å². The highest BCUT2D eigenvalue weighted by Gasteiger charge is 2.37. The molecular formula is C26H23N3O. The van der Waals surface area contributed by atoms with Crippen molar-refractivity contribution in [2.24, 2.45) is 0 Å². The van der Waals surface area contributed by atoms with Crippen molar-refractivity contribution in [2.75, 3.05) is 5.73 Å². The maximum Gasteiger partial charge on any atom is 0.242 e. The lowest BCUT2D eigenvalue weighted by atomic mass is 9.78. The van der Waals surface area contributed by atoms with Gasteiger partial charge in [-0.25, -0.2) is 0 Å². The number of nitrogen functional groups attached to an aromatic ring is 1. The molecule has 0 amide bonds. The van der Waals surface area contributed by atoms with Crippen molar-refractivity contribution in [2.45, 2.75) is 31.6 Å². The number of hydrogen-bond donors (Lipinski definition) is 2. The van der Waals surface area contributed by atoms with Crippen LogP contribution >= 0.6 is 0 Å². The molecule has 4 aromatic rings. The molecule has 2 heterocycles. The highest BCUT2D eigenvalue weighted by molar-refractivity contribution is 5.76. The van der Waals surface area contributed by atoms with Crippen LogP contribution in [0.3, 0.4) is 0 Å². The number of benzene rings is 3. The van der Waals surface area contributed by atoms with Gasteiger partial charge >= 0.3 is 0 Å². The van der Waals surface area contributed by atoms with E-state index in [0.29, 0.717) is 5.88 Å². The summed E-state index contributed by atoms with van der Waals surface area (Å²) in [4.78, 5) is 0. The van der Waals surface area contributed by atoms with Gasteiger partial charge in [-0.3, -0.25) is 5.10 Å². The number of aromatic amines is 1. The van der Waals surface area contributed by atoms with Crippen LogP contribution in [0.4, 0.5) is 5.69 Å². The summed E-state index contributed by atoms with van der Waals surface area (Å²) in [5.74, 6) is 1.47. The first kappa shape index (κ1) is 17.3. The van der Waals surface area contributed by atoms with E-state index in [-0.39, 0.29) is 5.92 Å². The average molecular weight is 393 g/mol. The van der Waals surface area contributed by atoms with Crippen molar-refractivity contribution in [3.8, 4) is 22.9 Å². The largest absolute Gasteiger partial charge is 0.437 e. The van der Waals surface area contributed by atoms with Gasteiger partial charge in [-0.15, -0.1) is 5.10 Å². The second kappa shape index (κ2) is 6.77. The highest BCUT2D eigenvalue weighted by atomic mass is 16.5. The number of aryl methyl sites for hydroxylation is 1. The molecule has 2 aliphatic rings. The Morgan fingerprint density at radius 1 is 0.900 bits per heavy atom. The van der Waals surface area contributed by atoms with Crippen molar-refractivity contribution in [3.05, 3.63) is 94.5 Å². The fraction of sp³-hybridized carbons (Fsp3) is 0.192. The summed E-state index contributed by atoms with van der Waals surface area (Å²) in [6, 6.07) is 23.1. The number of hydrogen-bond acceptors (Lipinski definition) is 3. The van der Waals surface area contributed by atoms with Crippen molar-refractivity contribution < 1.29 is 4.74 Å². The van der Waals surface area contributed by atoms with Crippen LogP contribution in [0, 0.1) is 0 Å². The lowest BCUT2D eigenvalue weighted by molar-refractivity contribution is 0.434. The van der Waals surface area contributed by atoms with Gasteiger partial charge in [-0.05, 0) is 54.0 Å². The Morgan fingerprint density at radius 3 is 2.43 bits per heavy atom. The summed E-state index contributed by atoms with van der Waals surface area (Å²) in [7, 11) is 0. The molecule has 1 unspecified atom stereocenters. The first-order valence-electron chi connectivity index (χ1n) is 10.6. The predicted molar refractivity (Wildman–Crippen MR) is 119 cm³/mol. The van der Waals surface area contributed by atoms with Crippen LogP contribution < -0.4 is 10.5 Å². The quantitative estimate of drug-likeness (QED) is 0.371. The Labute approximate surface area is 175 Å². The maximum atomic E-state index is 6.86. The van der Waals surface area contributed by atoms with Gasteiger partial charge in [0.05, 0.1) is 11.3 Å². The van der Waals surface area contributed by atoms with Gasteiger partial charge in [0.15, 0.2) is 0 Å². The van der Waals surface area contributed by atoms with E-state index < -0.39 is 0 Å². The number of nitrogens with two attached hydrogens (primary N) is 1. The molecule has 30 heavy (non-hydrogen) atoms. The van der Waals surface area contributed by atoms with Crippen LogP contribution in [-0.2, 0) is 12.8 Å². The highest BCUT2D eigenvalue weighted by Crippen LogP contribution is 2.53. The summed E-state index contributed by atoms with van der Waals surface area (Å²) in [5.41, 5.74) is 15.8. The van der Waals surface area contributed by atoms with E-state index in [2.05, 4.69) is 52.7 Å². The zero-order chi connectivity index (χ0) is 20.1. The number of anilines is 1. The molecule has 0 saturated carbocycles.